The third-order valence-electron chi connectivity index (χ3n) is 1.73. The maximum Gasteiger partial charge on any atom is 0.488 e. The largest absolute Gasteiger partial charge is 0.566 e. The molecule has 80 valence electrons. The van der Waals surface area contributed by atoms with Gasteiger partial charge in [0.15, 0.2) is 0 Å². The highest BCUT2D eigenvalue weighted by Gasteiger charge is 1.93. The molecule has 4 nitrogen and oxygen atoms in total. The van der Waals surface area contributed by atoms with Crippen LogP contribution in [0.2, 0.25) is 0 Å². The summed E-state index contributed by atoms with van der Waals surface area (Å²) in [5.41, 5.74) is 0. The maximum atomic E-state index is 9.41. The molecule has 0 aromatic heterocycles. The Morgan fingerprint density at radius 3 is 1.54 bits per heavy atom. The Morgan fingerprint density at radius 2 is 1.54 bits per heavy atom. The number of hydrogen-bond acceptors (Lipinski definition) is 3. The molecule has 5 heteroatoms. The molecule has 0 saturated heterocycles. The molecule has 0 rings (SSSR count). The Hall–Kier alpha value is -0.0200. The van der Waals surface area contributed by atoms with Gasteiger partial charge in [-0.3, -0.25) is 0 Å². The fourth-order valence-corrected chi connectivity index (χ4v) is 1.07. The smallest absolute Gasteiger partial charge is 0.488 e. The summed E-state index contributed by atoms with van der Waals surface area (Å²) in [5.74, 6) is 0. The Kier molecular flexibility index (Phi) is 14.2. The molecule has 13 heavy (non-hydrogen) atoms. The third-order valence-corrected chi connectivity index (χ3v) is 2.20. The summed E-state index contributed by atoms with van der Waals surface area (Å²) < 4.78 is 13.4. The Bertz CT molecular complexity index is 112. The zero-order valence-corrected chi connectivity index (χ0v) is 9.89. The zero-order valence-electron chi connectivity index (χ0n) is 9.00. The molecule has 0 bridgehead atoms. The van der Waals surface area contributed by atoms with Gasteiger partial charge in [-0.15, -0.1) is 4.52 Å². The molecule has 1 unspecified atom stereocenters. The van der Waals surface area contributed by atoms with E-state index in [1.807, 2.05) is 0 Å². The van der Waals surface area contributed by atoms with E-state index in [1.165, 1.54) is 19.6 Å². The van der Waals surface area contributed by atoms with Gasteiger partial charge in [0.05, 0.1) is 26.2 Å². The van der Waals surface area contributed by atoms with Crippen LogP contribution >= 0.6 is 8.25 Å². The molecule has 0 aromatic rings. The monoisotopic (exact) mass is 210 g/mol. The normalized spacial score (nSPS) is 10.8. The second-order valence-corrected chi connectivity index (χ2v) is 3.16. The molecule has 0 saturated carbocycles. The topological polar surface area (TPSA) is 53.8 Å². The van der Waals surface area contributed by atoms with Crippen LogP contribution in [0.4, 0.5) is 0 Å². The predicted molar refractivity (Wildman–Crippen MR) is 51.8 cm³/mol. The summed E-state index contributed by atoms with van der Waals surface area (Å²) in [7, 11) is -2.60. The van der Waals surface area contributed by atoms with E-state index in [1.54, 1.807) is 11.8 Å². The van der Waals surface area contributed by atoms with Gasteiger partial charge in [0.25, 0.3) is 0 Å². The van der Waals surface area contributed by atoms with Crippen LogP contribution in [0.25, 0.3) is 0 Å². The van der Waals surface area contributed by atoms with Crippen LogP contribution in [0.5, 0.6) is 0 Å². The molecule has 0 heterocycles. The molecule has 0 aliphatic carbocycles. The van der Waals surface area contributed by atoms with E-state index in [2.05, 4.69) is 25.3 Å². The van der Waals surface area contributed by atoms with Crippen LogP contribution in [-0.4, -0.2) is 26.2 Å². The van der Waals surface area contributed by atoms with E-state index in [0.717, 1.165) is 0 Å². The van der Waals surface area contributed by atoms with E-state index < -0.39 is 8.25 Å². The van der Waals surface area contributed by atoms with Gasteiger partial charge in [-0.05, 0) is 32.3 Å². The van der Waals surface area contributed by atoms with Gasteiger partial charge in [-0.1, -0.05) is 0 Å². The van der Waals surface area contributed by atoms with Crippen LogP contribution in [0, 0.1) is 0 Å². The summed E-state index contributed by atoms with van der Waals surface area (Å²) in [5, 5.41) is 0. The van der Waals surface area contributed by atoms with Crippen molar-refractivity contribution in [3.63, 3.8) is 0 Å². The average molecular weight is 210 g/mol. The van der Waals surface area contributed by atoms with E-state index in [4.69, 9.17) is 0 Å². The minimum absolute atomic E-state index is 0.235. The zero-order chi connectivity index (χ0) is 10.7. The fraction of sp³-hybridized carbons (Fsp3) is 1.00. The highest BCUT2D eigenvalue weighted by Crippen LogP contribution is 2.05. The second kappa shape index (κ2) is 12.0. The summed E-state index contributed by atoms with van der Waals surface area (Å²) >= 11 is 0. The van der Waals surface area contributed by atoms with Crippen LogP contribution in [0.1, 0.15) is 27.7 Å². The number of quaternary nitrogens is 1. The van der Waals surface area contributed by atoms with Crippen LogP contribution in [0.3, 0.4) is 0 Å². The molecular formula is C8H21NO3P+. The molecule has 0 radical (unpaired) electrons. The minimum Gasteiger partial charge on any atom is -0.566 e. The van der Waals surface area contributed by atoms with Gasteiger partial charge < -0.3 is 9.79 Å². The Morgan fingerprint density at radius 1 is 1.15 bits per heavy atom. The highest BCUT2D eigenvalue weighted by atomic mass is 31.1. The van der Waals surface area contributed by atoms with E-state index in [9.17, 15) is 9.46 Å². The van der Waals surface area contributed by atoms with Gasteiger partial charge in [-0.2, -0.15) is 0 Å². The second-order valence-electron chi connectivity index (χ2n) is 2.45. The Balaban J connectivity index is 0. The lowest BCUT2D eigenvalue weighted by atomic mass is 10.5. The van der Waals surface area contributed by atoms with Gasteiger partial charge >= 0.3 is 8.25 Å². The van der Waals surface area contributed by atoms with Crippen LogP contribution in [-0.2, 0) is 9.09 Å². The van der Waals surface area contributed by atoms with Crippen molar-refractivity contribution >= 4 is 8.25 Å². The summed E-state index contributed by atoms with van der Waals surface area (Å²) in [6.45, 7) is 12.3. The molecule has 0 fully saturated rings. The SMILES string of the molecule is CCO[P+](=O)[O-].CC[NH+](CC)CC. The van der Waals surface area contributed by atoms with Crippen LogP contribution in [0.15, 0.2) is 0 Å². The quantitative estimate of drug-likeness (QED) is 0.648. The standard InChI is InChI=1S/C6H15N.C2H5O3P/c1-4-7(5-2)6-3;1-2-5-6(3)4/h4-6H2,1-3H3;2H2,1H3/p+1. The van der Waals surface area contributed by atoms with Gasteiger partial charge in [0, 0.05) is 0 Å². The summed E-state index contributed by atoms with van der Waals surface area (Å²) in [4.78, 5) is 11.1. The van der Waals surface area contributed by atoms with Gasteiger partial charge in [0.1, 0.15) is 0 Å². The molecule has 0 aliphatic heterocycles. The number of rotatable bonds is 5. The van der Waals surface area contributed by atoms with Crippen molar-refractivity contribution < 1.29 is 18.9 Å². The maximum absolute atomic E-state index is 9.41. The highest BCUT2D eigenvalue weighted by molar-refractivity contribution is 7.30. The van der Waals surface area contributed by atoms with E-state index in [0.29, 0.717) is 0 Å². The molecule has 0 spiro atoms. The minimum atomic E-state index is -2.60. The van der Waals surface area contributed by atoms with Gasteiger partial charge in [-0.25, -0.2) is 0 Å². The Labute approximate surface area is 81.8 Å². The first-order chi connectivity index (χ1) is 6.12. The first-order valence-electron chi connectivity index (χ1n) is 4.73. The van der Waals surface area contributed by atoms with Crippen LogP contribution < -0.4 is 9.79 Å². The van der Waals surface area contributed by atoms with E-state index >= 15 is 0 Å². The molecular weight excluding hydrogens is 189 g/mol. The molecule has 1 atom stereocenters. The van der Waals surface area contributed by atoms with Crippen molar-refractivity contribution in [2.45, 2.75) is 27.7 Å². The van der Waals surface area contributed by atoms with Gasteiger partial charge in [0.2, 0.25) is 0 Å². The third kappa shape index (κ3) is 14.8. The number of nitrogens with one attached hydrogen (secondary N) is 1. The first-order valence-corrected chi connectivity index (χ1v) is 5.82. The first kappa shape index (κ1) is 15.5. The molecule has 0 amide bonds. The fourth-order valence-electron chi connectivity index (χ4n) is 0.855. The lowest BCUT2D eigenvalue weighted by Crippen LogP contribution is -3.11. The van der Waals surface area contributed by atoms with Crippen molar-refractivity contribution in [2.75, 3.05) is 26.2 Å². The van der Waals surface area contributed by atoms with Crippen molar-refractivity contribution in [3.05, 3.63) is 0 Å². The lowest BCUT2D eigenvalue weighted by Gasteiger charge is -2.10. The predicted octanol–water partition coefficient (Wildman–Crippen LogP) is -0.0284. The molecule has 1 N–H and O–H groups in total. The molecule has 0 aliphatic rings. The summed E-state index contributed by atoms with van der Waals surface area (Å²) in [6.07, 6.45) is 0. The lowest BCUT2D eigenvalue weighted by molar-refractivity contribution is -0.894. The van der Waals surface area contributed by atoms with E-state index in [-0.39, 0.29) is 6.61 Å². The number of hydrogen-bond donors (Lipinski definition) is 1. The van der Waals surface area contributed by atoms with Crippen molar-refractivity contribution in [2.24, 2.45) is 0 Å². The van der Waals surface area contributed by atoms with Crippen molar-refractivity contribution in [1.29, 1.82) is 0 Å². The van der Waals surface area contributed by atoms with Crippen molar-refractivity contribution in [3.8, 4) is 0 Å². The summed E-state index contributed by atoms with van der Waals surface area (Å²) in [6, 6.07) is 0. The van der Waals surface area contributed by atoms with Crippen molar-refractivity contribution in [1.82, 2.24) is 0 Å². The molecule has 0 aromatic carbocycles. The average Bonchev–Trinajstić information content (AvgIpc) is 2.08.